The lowest BCUT2D eigenvalue weighted by Crippen LogP contribution is -2.06. The summed E-state index contributed by atoms with van der Waals surface area (Å²) in [6.07, 6.45) is 0. The molecule has 0 unspecified atom stereocenters. The van der Waals surface area contributed by atoms with Gasteiger partial charge < -0.3 is 14.2 Å². The number of hydrogen-bond donors (Lipinski definition) is 0. The molecule has 0 N–H and O–H groups in total. The molecule has 0 spiro atoms. The van der Waals surface area contributed by atoms with Gasteiger partial charge in [-0.1, -0.05) is 17.7 Å². The van der Waals surface area contributed by atoms with Crippen LogP contribution in [0, 0.1) is 10.1 Å². The number of nitro benzene ring substituents is 1. The summed E-state index contributed by atoms with van der Waals surface area (Å²) in [6.45, 7) is 0.135. The smallest absolute Gasteiger partial charge is 0.340 e. The number of rotatable bonds is 4. The first-order chi connectivity index (χ1) is 11.0. The maximum absolute atomic E-state index is 12.1. The van der Waals surface area contributed by atoms with E-state index in [1.165, 1.54) is 12.1 Å². The molecule has 0 amide bonds. The Morgan fingerprint density at radius 2 is 2.00 bits per heavy atom. The van der Waals surface area contributed by atoms with Crippen molar-refractivity contribution in [2.24, 2.45) is 0 Å². The van der Waals surface area contributed by atoms with Gasteiger partial charge in [-0.3, -0.25) is 10.1 Å². The summed E-state index contributed by atoms with van der Waals surface area (Å²) in [5.74, 6) is 0.463. The van der Waals surface area contributed by atoms with Crippen LogP contribution in [0.25, 0.3) is 0 Å². The van der Waals surface area contributed by atoms with Crippen LogP contribution in [-0.4, -0.2) is 17.7 Å². The summed E-state index contributed by atoms with van der Waals surface area (Å²) in [6, 6.07) is 8.74. The second kappa shape index (κ2) is 6.13. The second-order valence-electron chi connectivity index (χ2n) is 4.69. The molecule has 1 aliphatic heterocycles. The highest BCUT2D eigenvalue weighted by molar-refractivity contribution is 6.33. The molecule has 3 rings (SSSR count). The first kappa shape index (κ1) is 15.1. The molecular formula is C15H10ClNO6. The maximum atomic E-state index is 12.1. The molecule has 7 nitrogen and oxygen atoms in total. The Labute approximate surface area is 135 Å². The number of ether oxygens (including phenoxy) is 3. The molecule has 23 heavy (non-hydrogen) atoms. The van der Waals surface area contributed by atoms with Gasteiger partial charge >= 0.3 is 5.97 Å². The highest BCUT2D eigenvalue weighted by Gasteiger charge is 2.18. The highest BCUT2D eigenvalue weighted by Crippen LogP contribution is 2.32. The molecule has 1 aliphatic rings. The Kier molecular flexibility index (Phi) is 4.03. The van der Waals surface area contributed by atoms with E-state index in [1.807, 2.05) is 0 Å². The van der Waals surface area contributed by atoms with E-state index in [-0.39, 0.29) is 29.7 Å². The molecule has 0 radical (unpaired) electrons. The van der Waals surface area contributed by atoms with Crippen LogP contribution in [0.1, 0.15) is 15.9 Å². The number of halogens is 1. The lowest BCUT2D eigenvalue weighted by molar-refractivity contribution is -0.384. The molecule has 0 aliphatic carbocycles. The number of nitrogens with zero attached hydrogens (tertiary/aromatic N) is 1. The second-order valence-corrected chi connectivity index (χ2v) is 5.09. The zero-order chi connectivity index (χ0) is 16.4. The van der Waals surface area contributed by atoms with Gasteiger partial charge in [0.1, 0.15) is 6.61 Å². The van der Waals surface area contributed by atoms with Gasteiger partial charge in [-0.25, -0.2) is 4.79 Å². The van der Waals surface area contributed by atoms with Crippen LogP contribution in [0.5, 0.6) is 11.5 Å². The van der Waals surface area contributed by atoms with Gasteiger partial charge in [-0.2, -0.15) is 0 Å². The number of esters is 1. The average Bonchev–Trinajstić information content (AvgIpc) is 3.00. The minimum atomic E-state index is -0.739. The Hall–Kier alpha value is -2.80. The van der Waals surface area contributed by atoms with Crippen molar-refractivity contribution in [2.75, 3.05) is 6.79 Å². The number of carbonyl (C=O) groups is 1. The van der Waals surface area contributed by atoms with E-state index in [4.69, 9.17) is 25.8 Å². The summed E-state index contributed by atoms with van der Waals surface area (Å²) in [5.41, 5.74) is 0.412. The van der Waals surface area contributed by atoms with E-state index in [1.54, 1.807) is 18.2 Å². The van der Waals surface area contributed by atoms with Crippen molar-refractivity contribution < 1.29 is 23.9 Å². The Morgan fingerprint density at radius 3 is 2.78 bits per heavy atom. The van der Waals surface area contributed by atoms with Crippen LogP contribution >= 0.6 is 11.6 Å². The van der Waals surface area contributed by atoms with E-state index in [2.05, 4.69) is 0 Å². The van der Waals surface area contributed by atoms with Crippen LogP contribution in [0.2, 0.25) is 5.02 Å². The van der Waals surface area contributed by atoms with Crippen molar-refractivity contribution >= 4 is 23.3 Å². The van der Waals surface area contributed by atoms with Crippen molar-refractivity contribution in [1.82, 2.24) is 0 Å². The van der Waals surface area contributed by atoms with E-state index < -0.39 is 10.9 Å². The molecule has 8 heteroatoms. The third-order valence-corrected chi connectivity index (χ3v) is 3.52. The summed E-state index contributed by atoms with van der Waals surface area (Å²) in [7, 11) is 0. The van der Waals surface area contributed by atoms with Gasteiger partial charge in [0.2, 0.25) is 6.79 Å². The number of benzene rings is 2. The van der Waals surface area contributed by atoms with Crippen LogP contribution in [-0.2, 0) is 11.3 Å². The summed E-state index contributed by atoms with van der Waals surface area (Å²) in [5, 5.41) is 10.8. The number of hydrogen-bond acceptors (Lipinski definition) is 6. The van der Waals surface area contributed by atoms with Crippen LogP contribution < -0.4 is 9.47 Å². The highest BCUT2D eigenvalue weighted by atomic mass is 35.5. The number of non-ortho nitro benzene ring substituents is 1. The summed E-state index contributed by atoms with van der Waals surface area (Å²) >= 11 is 5.89. The lowest BCUT2D eigenvalue weighted by Gasteiger charge is -2.07. The fourth-order valence-electron chi connectivity index (χ4n) is 2.04. The molecule has 2 aromatic carbocycles. The van der Waals surface area contributed by atoms with E-state index in [0.29, 0.717) is 17.1 Å². The van der Waals surface area contributed by atoms with Crippen LogP contribution in [0.3, 0.4) is 0 Å². The summed E-state index contributed by atoms with van der Waals surface area (Å²) in [4.78, 5) is 22.2. The van der Waals surface area contributed by atoms with Gasteiger partial charge in [-0.15, -0.1) is 0 Å². The number of fused-ring (bicyclic) bond motifs is 1. The molecule has 0 saturated carbocycles. The first-order valence-corrected chi connectivity index (χ1v) is 6.92. The Bertz CT molecular complexity index is 792. The molecule has 118 valence electrons. The third kappa shape index (κ3) is 3.19. The van der Waals surface area contributed by atoms with E-state index in [0.717, 1.165) is 6.07 Å². The van der Waals surface area contributed by atoms with Gasteiger partial charge in [0.15, 0.2) is 11.5 Å². The molecule has 0 saturated heterocycles. The summed E-state index contributed by atoms with van der Waals surface area (Å²) < 4.78 is 15.6. The molecule has 0 aromatic heterocycles. The SMILES string of the molecule is O=C(OCc1ccc2c(c1)OCO2)c1cc([N+](=O)[O-])ccc1Cl. The normalized spacial score (nSPS) is 12.0. The molecule has 2 aromatic rings. The fraction of sp³-hybridized carbons (Fsp3) is 0.133. The topological polar surface area (TPSA) is 87.9 Å². The Balaban J connectivity index is 1.72. The number of carbonyl (C=O) groups excluding carboxylic acids is 1. The zero-order valence-corrected chi connectivity index (χ0v) is 12.4. The molecular weight excluding hydrogens is 326 g/mol. The first-order valence-electron chi connectivity index (χ1n) is 6.54. The third-order valence-electron chi connectivity index (χ3n) is 3.19. The Morgan fingerprint density at radius 1 is 1.22 bits per heavy atom. The molecule has 0 fully saturated rings. The van der Waals surface area contributed by atoms with Crippen molar-refractivity contribution in [1.29, 1.82) is 0 Å². The van der Waals surface area contributed by atoms with Crippen molar-refractivity contribution in [3.8, 4) is 11.5 Å². The predicted molar refractivity (Wildman–Crippen MR) is 79.8 cm³/mol. The number of nitro groups is 1. The van der Waals surface area contributed by atoms with Gasteiger partial charge in [0, 0.05) is 12.1 Å². The largest absolute Gasteiger partial charge is 0.457 e. The van der Waals surface area contributed by atoms with Crippen molar-refractivity contribution in [2.45, 2.75) is 6.61 Å². The van der Waals surface area contributed by atoms with Gasteiger partial charge in [-0.05, 0) is 23.8 Å². The minimum absolute atomic E-state index is 0.0194. The van der Waals surface area contributed by atoms with E-state index >= 15 is 0 Å². The van der Waals surface area contributed by atoms with Gasteiger partial charge in [0.05, 0.1) is 15.5 Å². The van der Waals surface area contributed by atoms with Gasteiger partial charge in [0.25, 0.3) is 5.69 Å². The van der Waals surface area contributed by atoms with E-state index in [9.17, 15) is 14.9 Å². The zero-order valence-electron chi connectivity index (χ0n) is 11.7. The molecule has 1 heterocycles. The standard InChI is InChI=1S/C15H10ClNO6/c16-12-3-2-10(17(19)20)6-11(12)15(18)21-7-9-1-4-13-14(5-9)23-8-22-13/h1-6H,7-8H2. The van der Waals surface area contributed by atoms with Crippen LogP contribution in [0.15, 0.2) is 36.4 Å². The minimum Gasteiger partial charge on any atom is -0.457 e. The van der Waals surface area contributed by atoms with Crippen LogP contribution in [0.4, 0.5) is 5.69 Å². The molecule has 0 bridgehead atoms. The maximum Gasteiger partial charge on any atom is 0.340 e. The quantitative estimate of drug-likeness (QED) is 0.484. The monoisotopic (exact) mass is 335 g/mol. The predicted octanol–water partition coefficient (Wildman–Crippen LogP) is 3.33. The van der Waals surface area contributed by atoms with Crippen molar-refractivity contribution in [3.05, 3.63) is 62.7 Å². The fourth-order valence-corrected chi connectivity index (χ4v) is 2.24. The molecule has 0 atom stereocenters. The lowest BCUT2D eigenvalue weighted by atomic mass is 10.2. The van der Waals surface area contributed by atoms with Crippen molar-refractivity contribution in [3.63, 3.8) is 0 Å². The average molecular weight is 336 g/mol.